The summed E-state index contributed by atoms with van der Waals surface area (Å²) in [5, 5.41) is 0.224. The van der Waals surface area contributed by atoms with Gasteiger partial charge in [0, 0.05) is 18.3 Å². The molecule has 1 aliphatic carbocycles. The molecule has 2 N–H and O–H groups in total. The van der Waals surface area contributed by atoms with Crippen LogP contribution in [0.4, 0.5) is 0 Å². The Kier molecular flexibility index (Phi) is 2.09. The largest absolute Gasteiger partial charge is 0.349 e. The van der Waals surface area contributed by atoms with Crippen LogP contribution in [-0.2, 0) is 6.54 Å². The predicted molar refractivity (Wildman–Crippen MR) is 49.7 cm³/mol. The summed E-state index contributed by atoms with van der Waals surface area (Å²) in [6.07, 6.45) is 2.08. The Morgan fingerprint density at radius 1 is 1.69 bits per heavy atom. The topological polar surface area (TPSA) is 60.9 Å². The molecule has 1 fully saturated rings. The van der Waals surface area contributed by atoms with E-state index >= 15 is 0 Å². The molecule has 2 rings (SSSR count). The zero-order valence-electron chi connectivity index (χ0n) is 7.03. The summed E-state index contributed by atoms with van der Waals surface area (Å²) in [4.78, 5) is 15.1. The molecule has 70 valence electrons. The minimum Gasteiger partial charge on any atom is -0.325 e. The number of aromatic nitrogens is 2. The van der Waals surface area contributed by atoms with Crippen LogP contribution in [0.5, 0.6) is 0 Å². The van der Waals surface area contributed by atoms with E-state index < -0.39 is 0 Å². The number of nitrogens with zero attached hydrogens (tertiary/aromatic N) is 2. The lowest BCUT2D eigenvalue weighted by atomic mass is 10.4. The van der Waals surface area contributed by atoms with Crippen LogP contribution in [0.25, 0.3) is 0 Å². The van der Waals surface area contributed by atoms with Gasteiger partial charge in [-0.1, -0.05) is 11.6 Å². The first-order chi connectivity index (χ1) is 6.22. The van der Waals surface area contributed by atoms with Gasteiger partial charge in [0.15, 0.2) is 0 Å². The number of rotatable bonds is 2. The van der Waals surface area contributed by atoms with Crippen LogP contribution in [0.15, 0.2) is 10.9 Å². The first-order valence-corrected chi connectivity index (χ1v) is 4.58. The van der Waals surface area contributed by atoms with Crippen molar-refractivity contribution in [3.05, 3.63) is 27.4 Å². The van der Waals surface area contributed by atoms with E-state index in [2.05, 4.69) is 4.98 Å². The number of hydrogen-bond acceptors (Lipinski definition) is 3. The van der Waals surface area contributed by atoms with E-state index in [9.17, 15) is 4.79 Å². The highest BCUT2D eigenvalue weighted by Crippen LogP contribution is 2.34. The lowest BCUT2D eigenvalue weighted by molar-refractivity contribution is 0.636. The quantitative estimate of drug-likeness (QED) is 0.713. The van der Waals surface area contributed by atoms with Crippen LogP contribution >= 0.6 is 11.6 Å². The Balaban J connectivity index is 2.56. The van der Waals surface area contributed by atoms with Crippen molar-refractivity contribution in [3.63, 3.8) is 0 Å². The highest BCUT2D eigenvalue weighted by atomic mass is 35.5. The van der Waals surface area contributed by atoms with Gasteiger partial charge in [-0.05, 0) is 18.9 Å². The standard InChI is InChI=1S/C8H10ClN3O/c9-7-3-6(4-10)12(5-1-2-5)8(13)11-7/h3,5H,1-2,4,10H2. The highest BCUT2D eigenvalue weighted by Gasteiger charge is 2.26. The van der Waals surface area contributed by atoms with E-state index in [0.29, 0.717) is 12.6 Å². The van der Waals surface area contributed by atoms with Gasteiger partial charge in [0.2, 0.25) is 0 Å². The van der Waals surface area contributed by atoms with Crippen molar-refractivity contribution in [2.24, 2.45) is 5.73 Å². The van der Waals surface area contributed by atoms with E-state index in [1.165, 1.54) is 0 Å². The number of hydrogen-bond donors (Lipinski definition) is 1. The molecule has 0 aliphatic heterocycles. The van der Waals surface area contributed by atoms with Crippen LogP contribution < -0.4 is 11.4 Å². The number of halogens is 1. The summed E-state index contributed by atoms with van der Waals surface area (Å²) in [6.45, 7) is 0.327. The second-order valence-electron chi connectivity index (χ2n) is 3.16. The fourth-order valence-corrected chi connectivity index (χ4v) is 1.59. The molecule has 1 aliphatic rings. The van der Waals surface area contributed by atoms with Gasteiger partial charge in [-0.15, -0.1) is 0 Å². The van der Waals surface area contributed by atoms with Crippen molar-refractivity contribution in [2.75, 3.05) is 0 Å². The van der Waals surface area contributed by atoms with Gasteiger partial charge >= 0.3 is 5.69 Å². The van der Waals surface area contributed by atoms with Gasteiger partial charge in [-0.25, -0.2) is 4.79 Å². The summed E-state index contributed by atoms with van der Waals surface area (Å²) in [5.41, 5.74) is 6.00. The fourth-order valence-electron chi connectivity index (χ4n) is 1.39. The maximum Gasteiger partial charge on any atom is 0.349 e. The molecule has 0 atom stereocenters. The van der Waals surface area contributed by atoms with Crippen molar-refractivity contribution in [2.45, 2.75) is 25.4 Å². The maximum atomic E-state index is 11.4. The highest BCUT2D eigenvalue weighted by molar-refractivity contribution is 6.29. The van der Waals surface area contributed by atoms with Gasteiger partial charge in [0.1, 0.15) is 5.15 Å². The van der Waals surface area contributed by atoms with Crippen LogP contribution in [-0.4, -0.2) is 9.55 Å². The Bertz CT molecular complexity index is 383. The second-order valence-corrected chi connectivity index (χ2v) is 3.55. The summed E-state index contributed by atoms with van der Waals surface area (Å²) >= 11 is 5.65. The SMILES string of the molecule is NCc1cc(Cl)nc(=O)n1C1CC1. The summed E-state index contributed by atoms with van der Waals surface area (Å²) in [7, 11) is 0. The molecule has 5 heteroatoms. The third-order valence-electron chi connectivity index (χ3n) is 2.12. The molecule has 0 unspecified atom stereocenters. The van der Waals surface area contributed by atoms with Crippen molar-refractivity contribution in [1.29, 1.82) is 0 Å². The van der Waals surface area contributed by atoms with E-state index in [-0.39, 0.29) is 10.8 Å². The van der Waals surface area contributed by atoms with E-state index in [1.807, 2.05) is 0 Å². The van der Waals surface area contributed by atoms with Crippen LogP contribution in [0.3, 0.4) is 0 Å². The molecule has 1 aromatic rings. The summed E-state index contributed by atoms with van der Waals surface area (Å²) < 4.78 is 1.64. The third kappa shape index (κ3) is 1.59. The normalized spacial score (nSPS) is 16.2. The van der Waals surface area contributed by atoms with E-state index in [0.717, 1.165) is 18.5 Å². The van der Waals surface area contributed by atoms with Crippen molar-refractivity contribution in [1.82, 2.24) is 9.55 Å². The van der Waals surface area contributed by atoms with Crippen LogP contribution in [0.2, 0.25) is 5.15 Å². The molecule has 0 bridgehead atoms. The van der Waals surface area contributed by atoms with Crippen molar-refractivity contribution in [3.8, 4) is 0 Å². The average Bonchev–Trinajstić information content (AvgIpc) is 2.86. The second kappa shape index (κ2) is 3.12. The summed E-state index contributed by atoms with van der Waals surface area (Å²) in [6, 6.07) is 1.96. The Labute approximate surface area is 80.3 Å². The minimum atomic E-state index is -0.282. The van der Waals surface area contributed by atoms with Crippen molar-refractivity contribution < 1.29 is 0 Å². The molecule has 1 saturated carbocycles. The molecule has 13 heavy (non-hydrogen) atoms. The molecular formula is C8H10ClN3O. The monoisotopic (exact) mass is 199 g/mol. The lowest BCUT2D eigenvalue weighted by Gasteiger charge is -2.08. The summed E-state index contributed by atoms with van der Waals surface area (Å²) in [5.74, 6) is 0. The zero-order valence-corrected chi connectivity index (χ0v) is 7.79. The molecule has 4 nitrogen and oxygen atoms in total. The predicted octanol–water partition coefficient (Wildman–Crippen LogP) is 0.690. The smallest absolute Gasteiger partial charge is 0.325 e. The molecule has 1 heterocycles. The fraction of sp³-hybridized carbons (Fsp3) is 0.500. The van der Waals surface area contributed by atoms with Gasteiger partial charge in [0.05, 0.1) is 0 Å². The first kappa shape index (κ1) is 8.72. The first-order valence-electron chi connectivity index (χ1n) is 4.20. The molecular weight excluding hydrogens is 190 g/mol. The van der Waals surface area contributed by atoms with Gasteiger partial charge in [-0.2, -0.15) is 4.98 Å². The molecule has 0 spiro atoms. The Morgan fingerprint density at radius 2 is 2.38 bits per heavy atom. The van der Waals surface area contributed by atoms with Gasteiger partial charge in [0.25, 0.3) is 0 Å². The van der Waals surface area contributed by atoms with E-state index in [1.54, 1.807) is 10.6 Å². The van der Waals surface area contributed by atoms with Crippen molar-refractivity contribution >= 4 is 11.6 Å². The molecule has 1 aromatic heterocycles. The number of nitrogens with two attached hydrogens (primary N) is 1. The maximum absolute atomic E-state index is 11.4. The lowest BCUT2D eigenvalue weighted by Crippen LogP contribution is -2.26. The van der Waals surface area contributed by atoms with Crippen LogP contribution in [0, 0.1) is 0 Å². The van der Waals surface area contributed by atoms with Crippen LogP contribution in [0.1, 0.15) is 24.6 Å². The third-order valence-corrected chi connectivity index (χ3v) is 2.32. The van der Waals surface area contributed by atoms with Gasteiger partial charge in [-0.3, -0.25) is 4.57 Å². The van der Waals surface area contributed by atoms with E-state index in [4.69, 9.17) is 17.3 Å². The Morgan fingerprint density at radius 3 is 2.92 bits per heavy atom. The zero-order chi connectivity index (χ0) is 9.42. The molecule has 0 radical (unpaired) electrons. The molecule has 0 aromatic carbocycles. The molecule has 0 amide bonds. The average molecular weight is 200 g/mol. The molecule has 0 saturated heterocycles. The van der Waals surface area contributed by atoms with Gasteiger partial charge < -0.3 is 5.73 Å². The Hall–Kier alpha value is -0.870. The minimum absolute atomic E-state index is 0.224.